The molecule has 0 radical (unpaired) electrons. The van der Waals surface area contributed by atoms with E-state index in [1.54, 1.807) is 0 Å². The van der Waals surface area contributed by atoms with Gasteiger partial charge in [-0.2, -0.15) is 0 Å². The second kappa shape index (κ2) is 7.09. The van der Waals surface area contributed by atoms with Crippen LogP contribution in [0.15, 0.2) is 0 Å². The lowest BCUT2D eigenvalue weighted by molar-refractivity contribution is -0.133. The molecule has 1 N–H and O–H groups in total. The molecule has 0 aromatic rings. The summed E-state index contributed by atoms with van der Waals surface area (Å²) in [6.45, 7) is 4.58. The van der Waals surface area contributed by atoms with Crippen molar-refractivity contribution < 1.29 is 13.2 Å². The van der Waals surface area contributed by atoms with E-state index in [2.05, 4.69) is 5.32 Å². The summed E-state index contributed by atoms with van der Waals surface area (Å²) in [6, 6.07) is 0.228. The first-order valence-electron chi connectivity index (χ1n) is 6.62. The number of carbonyl (C=O) groups excluding carboxylic acids is 1. The van der Waals surface area contributed by atoms with Crippen molar-refractivity contribution in [1.82, 2.24) is 10.2 Å². The van der Waals surface area contributed by atoms with Crippen LogP contribution < -0.4 is 5.32 Å². The molecular weight excluding hydrogens is 252 g/mol. The first kappa shape index (κ1) is 15.4. The molecule has 1 heterocycles. The fraction of sp³-hybridized carbons (Fsp3) is 0.917. The number of nitrogens with one attached hydrogen (secondary N) is 1. The summed E-state index contributed by atoms with van der Waals surface area (Å²) in [5.41, 5.74) is 0. The predicted octanol–water partition coefficient (Wildman–Crippen LogP) is 0.412. The van der Waals surface area contributed by atoms with Crippen LogP contribution in [0.3, 0.4) is 0 Å². The highest BCUT2D eigenvalue weighted by Crippen LogP contribution is 2.12. The van der Waals surface area contributed by atoms with Crippen LogP contribution in [-0.4, -0.2) is 56.9 Å². The molecule has 106 valence electrons. The Morgan fingerprint density at radius 2 is 2.17 bits per heavy atom. The molecule has 0 aromatic carbocycles. The van der Waals surface area contributed by atoms with Gasteiger partial charge in [-0.25, -0.2) is 8.42 Å². The summed E-state index contributed by atoms with van der Waals surface area (Å²) in [5, 5.41) is 3.29. The Morgan fingerprint density at radius 1 is 1.44 bits per heavy atom. The number of sulfone groups is 1. The van der Waals surface area contributed by atoms with E-state index in [-0.39, 0.29) is 24.1 Å². The molecule has 1 rings (SSSR count). The average molecular weight is 276 g/mol. The van der Waals surface area contributed by atoms with Gasteiger partial charge in [-0.05, 0) is 25.8 Å². The van der Waals surface area contributed by atoms with Gasteiger partial charge in [0.1, 0.15) is 9.84 Å². The largest absolute Gasteiger partial charge is 0.338 e. The fourth-order valence-corrected chi connectivity index (χ4v) is 2.81. The van der Waals surface area contributed by atoms with Gasteiger partial charge in [0, 0.05) is 31.8 Å². The second-order valence-electron chi connectivity index (χ2n) is 4.97. The molecule has 1 saturated heterocycles. The molecule has 1 aliphatic rings. The molecule has 1 atom stereocenters. The van der Waals surface area contributed by atoms with Crippen LogP contribution in [0.1, 0.15) is 32.6 Å². The molecule has 0 spiro atoms. The summed E-state index contributed by atoms with van der Waals surface area (Å²) < 4.78 is 22.2. The quantitative estimate of drug-likeness (QED) is 0.763. The Bertz CT molecular complexity index is 362. The summed E-state index contributed by atoms with van der Waals surface area (Å²) in [4.78, 5) is 14.0. The maximum atomic E-state index is 12.1. The predicted molar refractivity (Wildman–Crippen MR) is 72.2 cm³/mol. The number of hydrogen-bond acceptors (Lipinski definition) is 4. The smallest absolute Gasteiger partial charge is 0.223 e. The zero-order valence-electron chi connectivity index (χ0n) is 11.3. The molecule has 0 aromatic heterocycles. The summed E-state index contributed by atoms with van der Waals surface area (Å²) in [6.07, 6.45) is 4.27. The van der Waals surface area contributed by atoms with Crippen molar-refractivity contribution in [2.24, 2.45) is 0 Å². The third kappa shape index (κ3) is 5.35. The zero-order chi connectivity index (χ0) is 13.6. The number of carbonyl (C=O) groups is 1. The Balaban J connectivity index is 2.56. The molecule has 0 bridgehead atoms. The molecule has 6 heteroatoms. The molecule has 18 heavy (non-hydrogen) atoms. The van der Waals surface area contributed by atoms with Crippen molar-refractivity contribution in [3.8, 4) is 0 Å². The average Bonchev–Trinajstić information content (AvgIpc) is 2.33. The standard InChI is InChI=1S/C12H24N2O3S/c1-3-8-14(11-5-4-7-13-10-11)12(15)6-9-18(2,16)17/h11,13H,3-10H2,1-2H3. The fourth-order valence-electron chi connectivity index (χ4n) is 2.27. The van der Waals surface area contributed by atoms with Crippen molar-refractivity contribution in [3.63, 3.8) is 0 Å². The van der Waals surface area contributed by atoms with E-state index in [9.17, 15) is 13.2 Å². The van der Waals surface area contributed by atoms with Crippen LogP contribution >= 0.6 is 0 Å². The highest BCUT2D eigenvalue weighted by molar-refractivity contribution is 7.90. The van der Waals surface area contributed by atoms with E-state index in [1.807, 2.05) is 11.8 Å². The van der Waals surface area contributed by atoms with Gasteiger partial charge in [-0.15, -0.1) is 0 Å². The minimum absolute atomic E-state index is 0.0315. The lowest BCUT2D eigenvalue weighted by Gasteiger charge is -2.34. The molecule has 1 aliphatic heterocycles. The number of amides is 1. The van der Waals surface area contributed by atoms with Gasteiger partial charge in [0.25, 0.3) is 0 Å². The van der Waals surface area contributed by atoms with Crippen molar-refractivity contribution in [3.05, 3.63) is 0 Å². The highest BCUT2D eigenvalue weighted by Gasteiger charge is 2.24. The van der Waals surface area contributed by atoms with E-state index in [4.69, 9.17) is 0 Å². The van der Waals surface area contributed by atoms with Crippen LogP contribution in [0.25, 0.3) is 0 Å². The second-order valence-corrected chi connectivity index (χ2v) is 7.23. The summed E-state index contributed by atoms with van der Waals surface area (Å²) >= 11 is 0. The van der Waals surface area contributed by atoms with Crippen LogP contribution in [0.5, 0.6) is 0 Å². The minimum Gasteiger partial charge on any atom is -0.338 e. The van der Waals surface area contributed by atoms with Crippen LogP contribution in [0.2, 0.25) is 0 Å². The van der Waals surface area contributed by atoms with Gasteiger partial charge in [0.2, 0.25) is 5.91 Å². The van der Waals surface area contributed by atoms with Crippen molar-refractivity contribution in [1.29, 1.82) is 0 Å². The summed E-state index contributed by atoms with van der Waals surface area (Å²) in [5.74, 6) is -0.0809. The molecule has 5 nitrogen and oxygen atoms in total. The Morgan fingerprint density at radius 3 is 2.67 bits per heavy atom. The van der Waals surface area contributed by atoms with E-state index < -0.39 is 9.84 Å². The van der Waals surface area contributed by atoms with E-state index >= 15 is 0 Å². The maximum absolute atomic E-state index is 12.1. The monoisotopic (exact) mass is 276 g/mol. The number of rotatable bonds is 6. The first-order valence-corrected chi connectivity index (χ1v) is 8.68. The number of hydrogen-bond donors (Lipinski definition) is 1. The first-order chi connectivity index (χ1) is 8.44. The maximum Gasteiger partial charge on any atom is 0.223 e. The van der Waals surface area contributed by atoms with Gasteiger partial charge in [0.05, 0.1) is 5.75 Å². The van der Waals surface area contributed by atoms with Gasteiger partial charge in [0.15, 0.2) is 0 Å². The number of piperidine rings is 1. The van der Waals surface area contributed by atoms with Crippen molar-refractivity contribution >= 4 is 15.7 Å². The zero-order valence-corrected chi connectivity index (χ0v) is 12.1. The van der Waals surface area contributed by atoms with Crippen molar-refractivity contribution in [2.75, 3.05) is 31.6 Å². The molecule has 1 unspecified atom stereocenters. The Kier molecular flexibility index (Phi) is 6.08. The Labute approximate surface area is 110 Å². The Hall–Kier alpha value is -0.620. The van der Waals surface area contributed by atoms with E-state index in [0.717, 1.165) is 38.9 Å². The normalized spacial score (nSPS) is 20.7. The van der Waals surface area contributed by atoms with E-state index in [1.165, 1.54) is 6.26 Å². The molecule has 1 amide bonds. The van der Waals surface area contributed by atoms with E-state index in [0.29, 0.717) is 0 Å². The lowest BCUT2D eigenvalue weighted by atomic mass is 10.1. The molecular formula is C12H24N2O3S. The van der Waals surface area contributed by atoms with Crippen LogP contribution in [0.4, 0.5) is 0 Å². The third-order valence-electron chi connectivity index (χ3n) is 3.18. The number of nitrogens with zero attached hydrogens (tertiary/aromatic N) is 1. The minimum atomic E-state index is -3.06. The summed E-state index contributed by atoms with van der Waals surface area (Å²) in [7, 11) is -3.06. The van der Waals surface area contributed by atoms with Crippen LogP contribution in [-0.2, 0) is 14.6 Å². The van der Waals surface area contributed by atoms with Gasteiger partial charge < -0.3 is 10.2 Å². The molecule has 0 aliphatic carbocycles. The van der Waals surface area contributed by atoms with Gasteiger partial charge >= 0.3 is 0 Å². The molecule has 1 fully saturated rings. The topological polar surface area (TPSA) is 66.5 Å². The lowest BCUT2D eigenvalue weighted by Crippen LogP contribution is -2.49. The highest BCUT2D eigenvalue weighted by atomic mass is 32.2. The van der Waals surface area contributed by atoms with Crippen molar-refractivity contribution in [2.45, 2.75) is 38.6 Å². The third-order valence-corrected chi connectivity index (χ3v) is 4.13. The van der Waals surface area contributed by atoms with Gasteiger partial charge in [-0.1, -0.05) is 6.92 Å². The SMILES string of the molecule is CCCN(C(=O)CCS(C)(=O)=O)C1CCCNC1. The molecule has 0 saturated carbocycles. The van der Waals surface area contributed by atoms with Crippen LogP contribution in [0, 0.1) is 0 Å². The van der Waals surface area contributed by atoms with Gasteiger partial charge in [-0.3, -0.25) is 4.79 Å².